The lowest BCUT2D eigenvalue weighted by Gasteiger charge is -2.10. The Labute approximate surface area is 166 Å². The number of pyridine rings is 1. The van der Waals surface area contributed by atoms with E-state index < -0.39 is 0 Å². The number of rotatable bonds is 7. The van der Waals surface area contributed by atoms with Crippen LogP contribution in [0.25, 0.3) is 11.4 Å². The number of carbonyl (C=O) groups excluding carboxylic acids is 1. The highest BCUT2D eigenvalue weighted by Crippen LogP contribution is 2.14. The van der Waals surface area contributed by atoms with E-state index in [1.165, 1.54) is 15.4 Å². The molecule has 4 aromatic heterocycles. The van der Waals surface area contributed by atoms with Crippen LogP contribution in [0.15, 0.2) is 35.5 Å². The summed E-state index contributed by atoms with van der Waals surface area (Å²) in [6, 6.07) is 5.42. The summed E-state index contributed by atoms with van der Waals surface area (Å²) in [5.74, 6) is 0.528. The van der Waals surface area contributed by atoms with Crippen LogP contribution in [0, 0.1) is 13.8 Å². The maximum absolute atomic E-state index is 12.2. The summed E-state index contributed by atoms with van der Waals surface area (Å²) in [5.41, 5.74) is 3.26. The smallest absolute Gasteiger partial charge is 0.350 e. The fourth-order valence-electron chi connectivity index (χ4n) is 3.41. The zero-order valence-electron chi connectivity index (χ0n) is 16.4. The van der Waals surface area contributed by atoms with Crippen molar-refractivity contribution in [2.24, 2.45) is 0 Å². The average molecular weight is 394 g/mol. The minimum Gasteiger partial charge on any atom is -0.356 e. The minimum absolute atomic E-state index is 0.0372. The van der Waals surface area contributed by atoms with Gasteiger partial charge in [0.05, 0.1) is 0 Å². The van der Waals surface area contributed by atoms with Crippen LogP contribution in [-0.4, -0.2) is 46.2 Å². The van der Waals surface area contributed by atoms with Gasteiger partial charge in [-0.3, -0.25) is 9.20 Å². The van der Waals surface area contributed by atoms with Gasteiger partial charge in [0.25, 0.3) is 5.78 Å². The summed E-state index contributed by atoms with van der Waals surface area (Å²) in [7, 11) is 0. The molecule has 0 radical (unpaired) electrons. The summed E-state index contributed by atoms with van der Waals surface area (Å²) < 4.78 is 4.61. The van der Waals surface area contributed by atoms with Crippen LogP contribution in [0.5, 0.6) is 0 Å². The van der Waals surface area contributed by atoms with Gasteiger partial charge in [-0.1, -0.05) is 6.07 Å². The number of nitrogens with zero attached hydrogens (tertiary/aromatic N) is 7. The Kier molecular flexibility index (Phi) is 5.07. The quantitative estimate of drug-likeness (QED) is 0.462. The van der Waals surface area contributed by atoms with Crippen LogP contribution in [0.2, 0.25) is 0 Å². The lowest BCUT2D eigenvalue weighted by atomic mass is 10.1. The van der Waals surface area contributed by atoms with Gasteiger partial charge in [-0.15, -0.1) is 5.10 Å². The molecule has 0 saturated carbocycles. The van der Waals surface area contributed by atoms with Crippen molar-refractivity contribution < 1.29 is 4.79 Å². The fourth-order valence-corrected chi connectivity index (χ4v) is 3.41. The molecule has 0 bridgehead atoms. The molecular formula is C19H22N8O2. The highest BCUT2D eigenvalue weighted by Gasteiger charge is 2.12. The molecule has 0 fully saturated rings. The van der Waals surface area contributed by atoms with E-state index in [-0.39, 0.29) is 11.6 Å². The third kappa shape index (κ3) is 3.73. The van der Waals surface area contributed by atoms with Crippen molar-refractivity contribution in [1.29, 1.82) is 0 Å². The van der Waals surface area contributed by atoms with Gasteiger partial charge in [0.2, 0.25) is 5.91 Å². The lowest BCUT2D eigenvalue weighted by molar-refractivity contribution is -0.121. The normalized spacial score (nSPS) is 11.4. The third-order valence-electron chi connectivity index (χ3n) is 4.95. The number of carbonyl (C=O) groups is 1. The number of amides is 1. The van der Waals surface area contributed by atoms with E-state index >= 15 is 0 Å². The first-order valence-electron chi connectivity index (χ1n) is 9.51. The summed E-state index contributed by atoms with van der Waals surface area (Å²) in [6.07, 6.45) is 4.73. The maximum Gasteiger partial charge on any atom is 0.350 e. The van der Waals surface area contributed by atoms with Gasteiger partial charge in [-0.2, -0.15) is 10.1 Å². The molecule has 4 rings (SSSR count). The monoisotopic (exact) mass is 394 g/mol. The first-order valence-corrected chi connectivity index (χ1v) is 9.51. The zero-order valence-corrected chi connectivity index (χ0v) is 16.4. The number of hydrogen-bond acceptors (Lipinski definition) is 6. The highest BCUT2D eigenvalue weighted by molar-refractivity contribution is 5.76. The topological polar surface area (TPSA) is 111 Å². The van der Waals surface area contributed by atoms with Crippen molar-refractivity contribution in [1.82, 2.24) is 39.1 Å². The average Bonchev–Trinajstić information content (AvgIpc) is 3.30. The van der Waals surface area contributed by atoms with E-state index in [0.717, 1.165) is 17.0 Å². The van der Waals surface area contributed by atoms with Crippen LogP contribution in [0.4, 0.5) is 0 Å². The molecule has 4 aromatic rings. The third-order valence-corrected chi connectivity index (χ3v) is 4.95. The first kappa shape index (κ1) is 18.8. The second-order valence-corrected chi connectivity index (χ2v) is 6.87. The Morgan fingerprint density at radius 1 is 1.24 bits per heavy atom. The van der Waals surface area contributed by atoms with Crippen LogP contribution in [0.3, 0.4) is 0 Å². The summed E-state index contributed by atoms with van der Waals surface area (Å²) in [6.45, 7) is 4.81. The minimum atomic E-state index is -0.172. The lowest BCUT2D eigenvalue weighted by Crippen LogP contribution is -2.27. The number of aromatic nitrogens is 7. The van der Waals surface area contributed by atoms with Crippen molar-refractivity contribution in [2.45, 2.75) is 39.7 Å². The molecule has 0 atom stereocenters. The van der Waals surface area contributed by atoms with Crippen molar-refractivity contribution in [3.63, 3.8) is 0 Å². The van der Waals surface area contributed by atoms with Crippen molar-refractivity contribution in [3.8, 4) is 0 Å². The number of nitrogens with one attached hydrogen (secondary N) is 1. The Bertz CT molecular complexity index is 1240. The largest absolute Gasteiger partial charge is 0.356 e. The number of hydrogen-bond donors (Lipinski definition) is 1. The molecule has 1 amide bonds. The predicted molar refractivity (Wildman–Crippen MR) is 106 cm³/mol. The molecule has 10 nitrogen and oxygen atoms in total. The van der Waals surface area contributed by atoms with Gasteiger partial charge >= 0.3 is 5.69 Å². The van der Waals surface area contributed by atoms with Crippen molar-refractivity contribution in [2.75, 3.05) is 6.54 Å². The maximum atomic E-state index is 12.2. The molecule has 150 valence electrons. The molecule has 1 N–H and O–H groups in total. The fraction of sp³-hybridized carbons (Fsp3) is 0.368. The van der Waals surface area contributed by atoms with E-state index in [0.29, 0.717) is 43.8 Å². The second-order valence-electron chi connectivity index (χ2n) is 6.87. The molecule has 0 spiro atoms. The Morgan fingerprint density at radius 2 is 2.10 bits per heavy atom. The molecular weight excluding hydrogens is 372 g/mol. The van der Waals surface area contributed by atoms with Crippen molar-refractivity contribution in [3.05, 3.63) is 58.2 Å². The van der Waals surface area contributed by atoms with Crippen LogP contribution in [-0.2, 0) is 17.8 Å². The summed E-state index contributed by atoms with van der Waals surface area (Å²) in [5, 5.41) is 11.3. The second kappa shape index (κ2) is 7.82. The Balaban J connectivity index is 1.28. The number of fused-ring (bicyclic) bond motifs is 2. The molecule has 4 heterocycles. The molecule has 0 unspecified atom stereocenters. The van der Waals surface area contributed by atoms with Crippen LogP contribution >= 0.6 is 0 Å². The standard InChI is InChI=1S/C19H22N8O2/c1-13-15(14(2)27-18(23-13)21-12-22-27)7-8-17(28)20-9-5-11-26-19(29)25-10-4-3-6-16(25)24-26/h3-4,6,10,12H,5,7-9,11H2,1-2H3,(H,20,28). The van der Waals surface area contributed by atoms with E-state index in [9.17, 15) is 9.59 Å². The van der Waals surface area contributed by atoms with Crippen LogP contribution < -0.4 is 11.0 Å². The van der Waals surface area contributed by atoms with Crippen LogP contribution in [0.1, 0.15) is 29.8 Å². The van der Waals surface area contributed by atoms with E-state index in [1.807, 2.05) is 19.9 Å². The van der Waals surface area contributed by atoms with Crippen molar-refractivity contribution >= 4 is 17.3 Å². The summed E-state index contributed by atoms with van der Waals surface area (Å²) >= 11 is 0. The first-order chi connectivity index (χ1) is 14.0. The van der Waals surface area contributed by atoms with E-state index in [2.05, 4.69) is 25.5 Å². The Morgan fingerprint density at radius 3 is 2.93 bits per heavy atom. The number of aryl methyl sites for hydroxylation is 3. The zero-order chi connectivity index (χ0) is 20.4. The molecule has 0 aliphatic rings. The highest BCUT2D eigenvalue weighted by atomic mass is 16.2. The summed E-state index contributed by atoms with van der Waals surface area (Å²) in [4.78, 5) is 33.0. The van der Waals surface area contributed by atoms with Gasteiger partial charge in [0.1, 0.15) is 6.33 Å². The van der Waals surface area contributed by atoms with Gasteiger partial charge in [0, 0.05) is 37.1 Å². The van der Waals surface area contributed by atoms with Gasteiger partial charge in [0.15, 0.2) is 5.65 Å². The molecule has 0 aliphatic carbocycles. The molecule has 29 heavy (non-hydrogen) atoms. The predicted octanol–water partition coefficient (Wildman–Crippen LogP) is 0.690. The van der Waals surface area contributed by atoms with Gasteiger partial charge in [-0.25, -0.2) is 19.0 Å². The van der Waals surface area contributed by atoms with Gasteiger partial charge in [-0.05, 0) is 44.4 Å². The molecule has 0 aromatic carbocycles. The Hall–Kier alpha value is -3.56. The van der Waals surface area contributed by atoms with E-state index in [1.54, 1.807) is 22.8 Å². The SMILES string of the molecule is Cc1nc2ncnn2c(C)c1CCC(=O)NCCCn1nc2ccccn2c1=O. The molecule has 10 heteroatoms. The molecule has 0 aliphatic heterocycles. The van der Waals surface area contributed by atoms with Gasteiger partial charge < -0.3 is 5.32 Å². The molecule has 0 saturated heterocycles. The van der Waals surface area contributed by atoms with E-state index in [4.69, 9.17) is 0 Å².